The number of hydrogen-bond donors (Lipinski definition) is 0. The summed E-state index contributed by atoms with van der Waals surface area (Å²) in [5, 5.41) is 0. The lowest BCUT2D eigenvalue weighted by Gasteiger charge is -2.37. The van der Waals surface area contributed by atoms with E-state index in [2.05, 4.69) is 33.6 Å². The van der Waals surface area contributed by atoms with Crippen molar-refractivity contribution in [1.29, 1.82) is 0 Å². The van der Waals surface area contributed by atoms with Gasteiger partial charge in [-0.3, -0.25) is 0 Å². The van der Waals surface area contributed by atoms with Crippen molar-refractivity contribution in [2.75, 3.05) is 44.7 Å². The third-order valence-electron chi connectivity index (χ3n) is 4.83. The van der Waals surface area contributed by atoms with E-state index in [9.17, 15) is 0 Å². The van der Waals surface area contributed by atoms with Gasteiger partial charge in [-0.2, -0.15) is 0 Å². The number of nitrogens with zero attached hydrogens (tertiary/aromatic N) is 4. The number of anilines is 1. The van der Waals surface area contributed by atoms with Gasteiger partial charge in [-0.15, -0.1) is 0 Å². The van der Waals surface area contributed by atoms with Crippen LogP contribution in [0.3, 0.4) is 0 Å². The lowest BCUT2D eigenvalue weighted by molar-refractivity contribution is 0.0353. The standard InChI is InChI=1S/C16H26N4O.C3H8/c1-21-15-5-9-19(10-6-15)13-14-3-11-20(12-4-14)16-17-7-2-8-18-16;1-3-2/h2,7-8,14-15H,3-6,9-13H2,1H3;3H2,1-2H3. The number of ether oxygens (including phenoxy) is 1. The maximum absolute atomic E-state index is 5.45. The first-order chi connectivity index (χ1) is 11.8. The first kappa shape index (κ1) is 19.1. The van der Waals surface area contributed by atoms with Gasteiger partial charge in [0.15, 0.2) is 0 Å². The summed E-state index contributed by atoms with van der Waals surface area (Å²) in [6.07, 6.45) is 10.3. The molecule has 24 heavy (non-hydrogen) atoms. The largest absolute Gasteiger partial charge is 0.381 e. The van der Waals surface area contributed by atoms with Crippen molar-refractivity contribution in [1.82, 2.24) is 14.9 Å². The van der Waals surface area contributed by atoms with Gasteiger partial charge in [-0.1, -0.05) is 20.3 Å². The highest BCUT2D eigenvalue weighted by molar-refractivity contribution is 5.28. The third-order valence-corrected chi connectivity index (χ3v) is 4.83. The van der Waals surface area contributed by atoms with Gasteiger partial charge in [0.05, 0.1) is 6.10 Å². The molecular formula is C19H34N4O. The Morgan fingerprint density at radius 2 is 1.58 bits per heavy atom. The molecule has 0 N–H and O–H groups in total. The summed E-state index contributed by atoms with van der Waals surface area (Å²) in [6.45, 7) is 10.1. The maximum atomic E-state index is 5.45. The fourth-order valence-electron chi connectivity index (χ4n) is 3.46. The monoisotopic (exact) mass is 334 g/mol. The summed E-state index contributed by atoms with van der Waals surface area (Å²) in [7, 11) is 1.84. The number of rotatable bonds is 4. The molecule has 0 saturated carbocycles. The molecule has 5 nitrogen and oxygen atoms in total. The Labute approximate surface area is 147 Å². The lowest BCUT2D eigenvalue weighted by Crippen LogP contribution is -2.43. The third kappa shape index (κ3) is 6.02. The van der Waals surface area contributed by atoms with Gasteiger partial charge < -0.3 is 14.5 Å². The zero-order chi connectivity index (χ0) is 17.2. The van der Waals surface area contributed by atoms with Crippen molar-refractivity contribution in [3.8, 4) is 0 Å². The molecule has 2 aliphatic rings. The average molecular weight is 335 g/mol. The summed E-state index contributed by atoms with van der Waals surface area (Å²) in [5.41, 5.74) is 0. The van der Waals surface area contributed by atoms with Gasteiger partial charge >= 0.3 is 0 Å². The molecule has 0 aromatic carbocycles. The summed E-state index contributed by atoms with van der Waals surface area (Å²) in [5.74, 6) is 1.71. The van der Waals surface area contributed by atoms with Crippen LogP contribution in [0.2, 0.25) is 0 Å². The number of likely N-dealkylation sites (tertiary alicyclic amines) is 1. The van der Waals surface area contributed by atoms with Crippen LogP contribution in [-0.4, -0.2) is 60.8 Å². The van der Waals surface area contributed by atoms with E-state index in [1.807, 2.05) is 25.6 Å². The Balaban J connectivity index is 0.000000647. The normalized spacial score (nSPS) is 20.5. The summed E-state index contributed by atoms with van der Waals surface area (Å²) >= 11 is 0. The molecule has 0 amide bonds. The molecule has 1 aromatic rings. The predicted octanol–water partition coefficient (Wildman–Crippen LogP) is 3.22. The van der Waals surface area contributed by atoms with E-state index < -0.39 is 0 Å². The van der Waals surface area contributed by atoms with Crippen LogP contribution in [0.25, 0.3) is 0 Å². The second-order valence-electron chi connectivity index (χ2n) is 6.92. The Hall–Kier alpha value is -1.20. The minimum absolute atomic E-state index is 0.485. The van der Waals surface area contributed by atoms with Crippen LogP contribution in [0.1, 0.15) is 46.0 Å². The minimum Gasteiger partial charge on any atom is -0.381 e. The fraction of sp³-hybridized carbons (Fsp3) is 0.789. The van der Waals surface area contributed by atoms with Crippen LogP contribution in [0, 0.1) is 5.92 Å². The Bertz CT molecular complexity index is 426. The average Bonchev–Trinajstić information content (AvgIpc) is 2.64. The summed E-state index contributed by atoms with van der Waals surface area (Å²) in [6, 6.07) is 1.87. The molecule has 0 spiro atoms. The molecule has 3 heterocycles. The number of methoxy groups -OCH3 is 1. The molecule has 0 bridgehead atoms. The van der Waals surface area contributed by atoms with Crippen LogP contribution in [-0.2, 0) is 4.74 Å². The molecule has 5 heteroatoms. The molecule has 3 rings (SSSR count). The first-order valence-corrected chi connectivity index (χ1v) is 9.53. The van der Waals surface area contributed by atoms with Gasteiger partial charge in [-0.25, -0.2) is 9.97 Å². The van der Waals surface area contributed by atoms with Gasteiger partial charge in [0.1, 0.15) is 0 Å². The summed E-state index contributed by atoms with van der Waals surface area (Å²) < 4.78 is 5.45. The minimum atomic E-state index is 0.485. The second-order valence-corrected chi connectivity index (χ2v) is 6.92. The molecule has 1 aromatic heterocycles. The fourth-order valence-corrected chi connectivity index (χ4v) is 3.46. The van der Waals surface area contributed by atoms with Gasteiger partial charge in [-0.05, 0) is 37.7 Å². The van der Waals surface area contributed by atoms with Crippen LogP contribution in [0.4, 0.5) is 5.95 Å². The van der Waals surface area contributed by atoms with E-state index in [0.717, 1.165) is 25.0 Å². The molecule has 2 aliphatic heterocycles. The number of aromatic nitrogens is 2. The quantitative estimate of drug-likeness (QED) is 0.846. The van der Waals surface area contributed by atoms with E-state index in [-0.39, 0.29) is 0 Å². The van der Waals surface area contributed by atoms with Crippen LogP contribution in [0.15, 0.2) is 18.5 Å². The van der Waals surface area contributed by atoms with Crippen molar-refractivity contribution < 1.29 is 4.74 Å². The summed E-state index contributed by atoms with van der Waals surface area (Å²) in [4.78, 5) is 13.6. The SMILES string of the molecule is CCC.COC1CCN(CC2CCN(c3ncccn3)CC2)CC1. The predicted molar refractivity (Wildman–Crippen MR) is 99.4 cm³/mol. The van der Waals surface area contributed by atoms with Crippen molar-refractivity contribution in [2.45, 2.75) is 52.1 Å². The van der Waals surface area contributed by atoms with Crippen LogP contribution >= 0.6 is 0 Å². The molecule has 0 atom stereocenters. The Kier molecular flexibility index (Phi) is 8.47. The zero-order valence-electron chi connectivity index (χ0n) is 15.7. The zero-order valence-corrected chi connectivity index (χ0v) is 15.7. The Morgan fingerprint density at radius 3 is 2.12 bits per heavy atom. The number of hydrogen-bond acceptors (Lipinski definition) is 5. The topological polar surface area (TPSA) is 41.5 Å². The molecule has 0 radical (unpaired) electrons. The molecule has 0 unspecified atom stereocenters. The van der Waals surface area contributed by atoms with Crippen molar-refractivity contribution in [3.05, 3.63) is 18.5 Å². The molecule has 0 aliphatic carbocycles. The smallest absolute Gasteiger partial charge is 0.225 e. The van der Waals surface area contributed by atoms with Crippen molar-refractivity contribution in [2.24, 2.45) is 5.92 Å². The van der Waals surface area contributed by atoms with E-state index in [0.29, 0.717) is 6.10 Å². The molecule has 2 saturated heterocycles. The van der Waals surface area contributed by atoms with Crippen LogP contribution in [0.5, 0.6) is 0 Å². The van der Waals surface area contributed by atoms with E-state index in [4.69, 9.17) is 4.74 Å². The van der Waals surface area contributed by atoms with E-state index in [1.165, 1.54) is 51.7 Å². The second kappa shape index (κ2) is 10.6. The van der Waals surface area contributed by atoms with Gasteiger partial charge in [0.2, 0.25) is 5.95 Å². The highest BCUT2D eigenvalue weighted by Crippen LogP contribution is 2.23. The highest BCUT2D eigenvalue weighted by atomic mass is 16.5. The first-order valence-electron chi connectivity index (χ1n) is 9.53. The van der Waals surface area contributed by atoms with E-state index >= 15 is 0 Å². The molecule has 2 fully saturated rings. The highest BCUT2D eigenvalue weighted by Gasteiger charge is 2.25. The lowest BCUT2D eigenvalue weighted by atomic mass is 9.95. The van der Waals surface area contributed by atoms with Crippen molar-refractivity contribution >= 4 is 5.95 Å². The maximum Gasteiger partial charge on any atom is 0.225 e. The molecule has 136 valence electrons. The van der Waals surface area contributed by atoms with Gasteiger partial charge in [0, 0.05) is 52.2 Å². The van der Waals surface area contributed by atoms with Crippen molar-refractivity contribution in [3.63, 3.8) is 0 Å². The van der Waals surface area contributed by atoms with Gasteiger partial charge in [0.25, 0.3) is 0 Å². The van der Waals surface area contributed by atoms with Crippen LogP contribution < -0.4 is 4.90 Å². The number of piperidine rings is 2. The molecular weight excluding hydrogens is 300 g/mol. The van der Waals surface area contributed by atoms with E-state index in [1.54, 1.807) is 0 Å². The Morgan fingerprint density at radius 1 is 1.00 bits per heavy atom.